The lowest BCUT2D eigenvalue weighted by Gasteiger charge is -2.33. The maximum atomic E-state index is 13.2. The third kappa shape index (κ3) is 6.88. The quantitative estimate of drug-likeness (QED) is 0.309. The van der Waals surface area contributed by atoms with Gasteiger partial charge in [0.2, 0.25) is 26.9 Å². The minimum Gasteiger partial charge on any atom is -0.870 e. The van der Waals surface area contributed by atoms with Crippen LogP contribution in [0.25, 0.3) is 6.08 Å². The topological polar surface area (TPSA) is 76.5 Å². The maximum absolute atomic E-state index is 13.2. The summed E-state index contributed by atoms with van der Waals surface area (Å²) in [6.45, 7) is 25.8. The van der Waals surface area contributed by atoms with Crippen LogP contribution in [0.15, 0.2) is 64.4 Å². The molecule has 0 saturated heterocycles. The first kappa shape index (κ1) is 30.7. The highest BCUT2D eigenvalue weighted by molar-refractivity contribution is 7.12. The van der Waals surface area contributed by atoms with Gasteiger partial charge in [-0.15, -0.1) is 0 Å². The van der Waals surface area contributed by atoms with Crippen molar-refractivity contribution in [2.45, 2.75) is 93.9 Å². The van der Waals surface area contributed by atoms with Crippen molar-refractivity contribution in [2.24, 2.45) is 10.8 Å². The van der Waals surface area contributed by atoms with Gasteiger partial charge >= 0.3 is 0 Å². The minimum atomic E-state index is -0.182. The van der Waals surface area contributed by atoms with Gasteiger partial charge in [-0.1, -0.05) is 83.1 Å². The lowest BCUT2D eigenvalue weighted by molar-refractivity contribution is -0.113. The number of ketones is 1. The fourth-order valence-corrected chi connectivity index (χ4v) is 4.97. The number of allylic oxidation sites excluding steroid dienone is 8. The van der Waals surface area contributed by atoms with Gasteiger partial charge in [-0.05, 0) is 35.4 Å². The minimum absolute atomic E-state index is 0. The molecular formula is C32H44O4S. The molecule has 0 spiro atoms. The van der Waals surface area contributed by atoms with E-state index in [4.69, 9.17) is 4.74 Å². The van der Waals surface area contributed by atoms with E-state index >= 15 is 0 Å². The Morgan fingerprint density at radius 1 is 0.730 bits per heavy atom. The second-order valence-corrected chi connectivity index (χ2v) is 15.1. The van der Waals surface area contributed by atoms with Crippen LogP contribution in [0.1, 0.15) is 98.4 Å². The predicted molar refractivity (Wildman–Crippen MR) is 155 cm³/mol. The summed E-state index contributed by atoms with van der Waals surface area (Å²) >= 11 is 1.81. The van der Waals surface area contributed by atoms with E-state index in [0.29, 0.717) is 11.1 Å². The van der Waals surface area contributed by atoms with Crippen molar-refractivity contribution < 1.29 is 20.1 Å². The van der Waals surface area contributed by atoms with Gasteiger partial charge in [0, 0.05) is 33.8 Å². The van der Waals surface area contributed by atoms with Crippen molar-refractivity contribution in [1.82, 2.24) is 0 Å². The summed E-state index contributed by atoms with van der Waals surface area (Å²) in [7, 11) is 0. The zero-order chi connectivity index (χ0) is 27.4. The van der Waals surface area contributed by atoms with Crippen molar-refractivity contribution in [2.75, 3.05) is 0 Å². The Labute approximate surface area is 227 Å². The normalized spacial score (nSPS) is 18.1. The molecule has 0 bridgehead atoms. The monoisotopic (exact) mass is 524 g/mol. The molecule has 1 aliphatic carbocycles. The third-order valence-electron chi connectivity index (χ3n) is 6.21. The summed E-state index contributed by atoms with van der Waals surface area (Å²) in [6, 6.07) is 4.28. The van der Waals surface area contributed by atoms with Crippen LogP contribution >= 0.6 is 11.3 Å². The zero-order valence-corrected chi connectivity index (χ0v) is 25.4. The highest BCUT2D eigenvalue weighted by Gasteiger charge is 2.36. The molecule has 37 heavy (non-hydrogen) atoms. The molecule has 202 valence electrons. The number of aliphatic hydroxyl groups is 1. The van der Waals surface area contributed by atoms with E-state index in [-0.39, 0.29) is 38.7 Å². The molecule has 1 aliphatic heterocycles. The Bertz CT molecular complexity index is 1180. The van der Waals surface area contributed by atoms with Crippen molar-refractivity contribution in [1.29, 1.82) is 0 Å². The Balaban J connectivity index is 0.00000481. The Morgan fingerprint density at radius 3 is 1.51 bits per heavy atom. The number of hydrogen-bond acceptors (Lipinski definition) is 4. The van der Waals surface area contributed by atoms with Crippen LogP contribution in [0.2, 0.25) is 0 Å². The van der Waals surface area contributed by atoms with Gasteiger partial charge < -0.3 is 15.3 Å². The number of ether oxygens (including phenoxy) is 1. The molecule has 2 heterocycles. The first-order valence-corrected chi connectivity index (χ1v) is 13.5. The highest BCUT2D eigenvalue weighted by atomic mass is 32.1. The van der Waals surface area contributed by atoms with Gasteiger partial charge in [0.25, 0.3) is 0 Å². The molecule has 1 aromatic heterocycles. The molecule has 0 saturated carbocycles. The Hall–Kier alpha value is -2.50. The molecule has 3 rings (SSSR count). The maximum Gasteiger partial charge on any atom is 0.219 e. The molecule has 0 amide bonds. The summed E-state index contributed by atoms with van der Waals surface area (Å²) in [5.74, 6) is 1.61. The summed E-state index contributed by atoms with van der Waals surface area (Å²) in [5, 5.41) is 10.9. The van der Waals surface area contributed by atoms with E-state index in [9.17, 15) is 9.90 Å². The molecule has 4 nitrogen and oxygen atoms in total. The molecule has 5 heteroatoms. The standard InChI is InChI=1S/C32H42O3S.H2O/c1-29(2,3)23-15-19(16-24(35-23)30(4,5)6)13-21-27(33)22(28(21)34)14-20-17-25(31(7,8)9)36-26(18-20)32(10,11)12;/h13-18H,1-12H3;1H2. The number of carbonyl (C=O) groups excluding carboxylic acids is 1. The largest absolute Gasteiger partial charge is 0.870 e. The fraction of sp³-hybridized carbons (Fsp3) is 0.500. The summed E-state index contributed by atoms with van der Waals surface area (Å²) in [6.07, 6.45) is 7.54. The molecule has 0 unspecified atom stereocenters. The van der Waals surface area contributed by atoms with E-state index in [0.717, 1.165) is 22.7 Å². The van der Waals surface area contributed by atoms with Gasteiger partial charge in [0.15, 0.2) is 0 Å². The molecule has 0 atom stereocenters. The predicted octanol–water partition coefficient (Wildman–Crippen LogP) is 9.04. The lowest BCUT2D eigenvalue weighted by atomic mass is 9.83. The van der Waals surface area contributed by atoms with Crippen LogP contribution in [0.4, 0.5) is 0 Å². The number of aliphatic hydroxyl groups excluding tert-OH is 1. The van der Waals surface area contributed by atoms with Crippen LogP contribution in [0.5, 0.6) is 0 Å². The number of carbonyl (C=O) groups is 1. The second kappa shape index (κ2) is 9.99. The van der Waals surface area contributed by atoms with Crippen molar-refractivity contribution in [3.05, 3.63) is 79.7 Å². The average Bonchev–Trinajstić information content (AvgIpc) is 2.72. The van der Waals surface area contributed by atoms with Crippen LogP contribution < -0.4 is 0 Å². The van der Waals surface area contributed by atoms with E-state index in [1.54, 1.807) is 6.08 Å². The van der Waals surface area contributed by atoms with Crippen molar-refractivity contribution >= 4 is 23.2 Å². The number of Topliss-reactive ketones (excluding diaryl/α,β-unsaturated/α-hetero) is 1. The Morgan fingerprint density at radius 2 is 1.16 bits per heavy atom. The Kier molecular flexibility index (Phi) is 8.30. The van der Waals surface area contributed by atoms with Crippen molar-refractivity contribution in [3.63, 3.8) is 0 Å². The van der Waals surface area contributed by atoms with Crippen LogP contribution in [0, 0.1) is 10.8 Å². The average molecular weight is 525 g/mol. The first-order valence-electron chi connectivity index (χ1n) is 12.7. The van der Waals surface area contributed by atoms with Crippen LogP contribution in [-0.2, 0) is 20.4 Å². The number of hydrogen-bond donors (Lipinski definition) is 1. The smallest absolute Gasteiger partial charge is 0.219 e. The zero-order valence-electron chi connectivity index (χ0n) is 24.6. The molecule has 2 N–H and O–H groups in total. The first-order chi connectivity index (χ1) is 16.2. The van der Waals surface area contributed by atoms with Crippen LogP contribution in [0.3, 0.4) is 0 Å². The fourth-order valence-electron chi connectivity index (χ4n) is 3.73. The van der Waals surface area contributed by atoms with E-state index in [1.165, 1.54) is 9.75 Å². The van der Waals surface area contributed by atoms with E-state index in [2.05, 4.69) is 95.2 Å². The van der Waals surface area contributed by atoms with Gasteiger partial charge in [-0.25, -0.2) is 0 Å². The van der Waals surface area contributed by atoms with Crippen molar-refractivity contribution in [3.8, 4) is 0 Å². The summed E-state index contributed by atoms with van der Waals surface area (Å²) < 4.78 is 6.22. The SMILES string of the molecule is CC(C)(C)C1=CC(=CC2=C(O)C(=Cc3cc(C(C)(C)C)[s+]c(C(C)(C)C)c3)C2=O)C=C(C(C)(C)C)O1.[OH-]. The molecule has 1 aromatic rings. The van der Waals surface area contributed by atoms with E-state index < -0.39 is 0 Å². The second-order valence-electron chi connectivity index (χ2n) is 14.0. The van der Waals surface area contributed by atoms with Gasteiger partial charge in [-0.2, -0.15) is 0 Å². The number of rotatable bonds is 2. The molecule has 0 radical (unpaired) electrons. The van der Waals surface area contributed by atoms with Crippen LogP contribution in [-0.4, -0.2) is 16.4 Å². The molecule has 0 aromatic carbocycles. The van der Waals surface area contributed by atoms with Gasteiger partial charge in [0.05, 0.1) is 11.1 Å². The summed E-state index contributed by atoms with van der Waals surface area (Å²) in [4.78, 5) is 15.7. The lowest BCUT2D eigenvalue weighted by Crippen LogP contribution is -2.23. The molecule has 2 aliphatic rings. The van der Waals surface area contributed by atoms with Gasteiger partial charge in [0.1, 0.15) is 17.3 Å². The molecular weight excluding hydrogens is 480 g/mol. The molecule has 0 fully saturated rings. The third-order valence-corrected chi connectivity index (χ3v) is 8.11. The van der Waals surface area contributed by atoms with E-state index in [1.807, 2.05) is 29.6 Å². The van der Waals surface area contributed by atoms with Gasteiger partial charge in [-0.3, -0.25) is 4.79 Å². The highest BCUT2D eigenvalue weighted by Crippen LogP contribution is 2.41. The summed E-state index contributed by atoms with van der Waals surface area (Å²) in [5.41, 5.74) is 2.14.